The number of hydrogen-bond donors (Lipinski definition) is 1. The Morgan fingerprint density at radius 2 is 2.11 bits per heavy atom. The van der Waals surface area contributed by atoms with E-state index >= 15 is 0 Å². The molecule has 0 spiro atoms. The third-order valence-electron chi connectivity index (χ3n) is 3.87. The molecule has 1 fully saturated rings. The maximum atomic E-state index is 5.41. The van der Waals surface area contributed by atoms with Crippen LogP contribution in [-0.4, -0.2) is 33.0 Å². The third-order valence-corrected chi connectivity index (χ3v) is 3.87. The summed E-state index contributed by atoms with van der Waals surface area (Å²) < 4.78 is 7.15. The van der Waals surface area contributed by atoms with Crippen molar-refractivity contribution in [1.29, 1.82) is 0 Å². The van der Waals surface area contributed by atoms with Crippen molar-refractivity contribution in [3.63, 3.8) is 0 Å². The molecule has 1 saturated carbocycles. The highest BCUT2D eigenvalue weighted by Gasteiger charge is 2.26. The van der Waals surface area contributed by atoms with Crippen LogP contribution in [0.25, 0.3) is 11.5 Å². The average Bonchev–Trinajstić information content (AvgIpc) is 3.07. The van der Waals surface area contributed by atoms with Crippen molar-refractivity contribution < 1.29 is 4.52 Å². The minimum atomic E-state index is 0.398. The molecule has 19 heavy (non-hydrogen) atoms. The second kappa shape index (κ2) is 5.13. The predicted octanol–water partition coefficient (Wildman–Crippen LogP) is 1.72. The van der Waals surface area contributed by atoms with Gasteiger partial charge in [-0.2, -0.15) is 10.1 Å². The zero-order valence-corrected chi connectivity index (χ0v) is 11.3. The van der Waals surface area contributed by atoms with Crippen LogP contribution < -0.4 is 5.32 Å². The second-order valence-electron chi connectivity index (χ2n) is 5.17. The molecule has 2 heterocycles. The number of nitrogens with zero attached hydrogens (tertiary/aromatic N) is 4. The highest BCUT2D eigenvalue weighted by Crippen LogP contribution is 2.32. The van der Waals surface area contributed by atoms with E-state index in [-0.39, 0.29) is 0 Å². The Morgan fingerprint density at radius 3 is 2.74 bits per heavy atom. The molecular formula is C13H19N5O. The van der Waals surface area contributed by atoms with Gasteiger partial charge >= 0.3 is 0 Å². The van der Waals surface area contributed by atoms with Crippen molar-refractivity contribution in [2.45, 2.75) is 37.6 Å². The molecule has 102 valence electrons. The summed E-state index contributed by atoms with van der Waals surface area (Å²) in [6.45, 7) is 0. The maximum absolute atomic E-state index is 5.41. The second-order valence-corrected chi connectivity index (χ2v) is 5.17. The molecule has 6 heteroatoms. The summed E-state index contributed by atoms with van der Waals surface area (Å²) in [4.78, 5) is 4.49. The van der Waals surface area contributed by atoms with E-state index in [1.54, 1.807) is 4.68 Å². The van der Waals surface area contributed by atoms with Crippen LogP contribution in [-0.2, 0) is 7.05 Å². The summed E-state index contributed by atoms with van der Waals surface area (Å²) in [6, 6.07) is 2.53. The molecule has 0 bridgehead atoms. The van der Waals surface area contributed by atoms with E-state index in [0.29, 0.717) is 17.8 Å². The van der Waals surface area contributed by atoms with Gasteiger partial charge in [0.15, 0.2) is 0 Å². The van der Waals surface area contributed by atoms with E-state index in [1.807, 2.05) is 26.4 Å². The molecule has 3 rings (SSSR count). The van der Waals surface area contributed by atoms with Crippen molar-refractivity contribution in [2.75, 3.05) is 7.05 Å². The van der Waals surface area contributed by atoms with E-state index in [0.717, 1.165) is 24.4 Å². The Labute approximate surface area is 112 Å². The van der Waals surface area contributed by atoms with Crippen molar-refractivity contribution in [1.82, 2.24) is 25.2 Å². The Bertz CT molecular complexity index is 539. The molecule has 1 aliphatic rings. The van der Waals surface area contributed by atoms with Gasteiger partial charge in [0.2, 0.25) is 11.7 Å². The summed E-state index contributed by atoms with van der Waals surface area (Å²) in [6.07, 6.45) is 6.43. The molecule has 0 saturated heterocycles. The van der Waals surface area contributed by atoms with Crippen molar-refractivity contribution in [3.05, 3.63) is 18.2 Å². The lowest BCUT2D eigenvalue weighted by Gasteiger charge is -2.25. The lowest BCUT2D eigenvalue weighted by molar-refractivity contribution is 0.288. The third kappa shape index (κ3) is 2.53. The van der Waals surface area contributed by atoms with Gasteiger partial charge in [0.1, 0.15) is 5.69 Å². The summed E-state index contributed by atoms with van der Waals surface area (Å²) in [5.41, 5.74) is 0.765. The molecule has 0 aliphatic heterocycles. The molecule has 2 aromatic heterocycles. The Morgan fingerprint density at radius 1 is 1.32 bits per heavy atom. The van der Waals surface area contributed by atoms with Gasteiger partial charge in [0.25, 0.3) is 0 Å². The fraction of sp³-hybridized carbons (Fsp3) is 0.615. The standard InChI is InChI=1S/C13H19N5O/c1-14-10-5-3-9(4-6-10)13-15-12(17-19-13)11-7-8-18(2)16-11/h7-10,14H,3-6H2,1-2H3. The quantitative estimate of drug-likeness (QED) is 0.911. The van der Waals surface area contributed by atoms with E-state index in [2.05, 4.69) is 20.6 Å². The molecule has 1 aliphatic carbocycles. The van der Waals surface area contributed by atoms with Crippen LogP contribution in [0.15, 0.2) is 16.8 Å². The number of hydrogen-bond acceptors (Lipinski definition) is 5. The minimum Gasteiger partial charge on any atom is -0.339 e. The van der Waals surface area contributed by atoms with Gasteiger partial charge in [-0.25, -0.2) is 0 Å². The average molecular weight is 261 g/mol. The van der Waals surface area contributed by atoms with Crippen molar-refractivity contribution in [2.24, 2.45) is 7.05 Å². The van der Waals surface area contributed by atoms with E-state index in [4.69, 9.17) is 4.52 Å². The zero-order valence-electron chi connectivity index (χ0n) is 11.3. The highest BCUT2D eigenvalue weighted by atomic mass is 16.5. The molecule has 0 radical (unpaired) electrons. The number of aromatic nitrogens is 4. The minimum absolute atomic E-state index is 0.398. The Balaban J connectivity index is 1.72. The summed E-state index contributed by atoms with van der Waals surface area (Å²) in [5.74, 6) is 1.75. The first-order valence-electron chi connectivity index (χ1n) is 6.77. The van der Waals surface area contributed by atoms with E-state index < -0.39 is 0 Å². The first-order chi connectivity index (χ1) is 9.26. The lowest BCUT2D eigenvalue weighted by atomic mass is 9.86. The fourth-order valence-corrected chi connectivity index (χ4v) is 2.67. The predicted molar refractivity (Wildman–Crippen MR) is 70.6 cm³/mol. The molecule has 6 nitrogen and oxygen atoms in total. The van der Waals surface area contributed by atoms with Gasteiger partial charge in [0, 0.05) is 25.2 Å². The molecule has 1 N–H and O–H groups in total. The molecule has 2 aromatic rings. The summed E-state index contributed by atoms with van der Waals surface area (Å²) >= 11 is 0. The highest BCUT2D eigenvalue weighted by molar-refractivity contribution is 5.46. The molecular weight excluding hydrogens is 242 g/mol. The van der Waals surface area contributed by atoms with Crippen LogP contribution >= 0.6 is 0 Å². The smallest absolute Gasteiger partial charge is 0.230 e. The molecule has 0 aromatic carbocycles. The van der Waals surface area contributed by atoms with Crippen LogP contribution in [0.4, 0.5) is 0 Å². The van der Waals surface area contributed by atoms with E-state index in [1.165, 1.54) is 12.8 Å². The molecule has 0 unspecified atom stereocenters. The van der Waals surface area contributed by atoms with Crippen LogP contribution in [0.1, 0.15) is 37.5 Å². The monoisotopic (exact) mass is 261 g/mol. The fourth-order valence-electron chi connectivity index (χ4n) is 2.67. The van der Waals surface area contributed by atoms with Crippen LogP contribution in [0, 0.1) is 0 Å². The number of rotatable bonds is 3. The topological polar surface area (TPSA) is 68.8 Å². The SMILES string of the molecule is CNC1CCC(c2nc(-c3ccn(C)n3)no2)CC1. The zero-order chi connectivity index (χ0) is 13.2. The van der Waals surface area contributed by atoms with Crippen LogP contribution in [0.2, 0.25) is 0 Å². The van der Waals surface area contributed by atoms with Gasteiger partial charge in [-0.3, -0.25) is 4.68 Å². The van der Waals surface area contributed by atoms with Gasteiger partial charge in [-0.1, -0.05) is 5.16 Å². The van der Waals surface area contributed by atoms with Gasteiger partial charge in [-0.15, -0.1) is 0 Å². The van der Waals surface area contributed by atoms with Crippen molar-refractivity contribution >= 4 is 0 Å². The normalized spacial score (nSPS) is 23.7. The number of aryl methyl sites for hydroxylation is 1. The lowest BCUT2D eigenvalue weighted by Crippen LogP contribution is -2.29. The van der Waals surface area contributed by atoms with Crippen LogP contribution in [0.5, 0.6) is 0 Å². The largest absolute Gasteiger partial charge is 0.339 e. The van der Waals surface area contributed by atoms with Gasteiger partial charge < -0.3 is 9.84 Å². The van der Waals surface area contributed by atoms with Gasteiger partial charge in [0.05, 0.1) is 0 Å². The summed E-state index contributed by atoms with van der Waals surface area (Å²) in [5, 5.41) is 11.7. The van der Waals surface area contributed by atoms with Crippen LogP contribution in [0.3, 0.4) is 0 Å². The maximum Gasteiger partial charge on any atom is 0.230 e. The first-order valence-corrected chi connectivity index (χ1v) is 6.77. The number of nitrogens with one attached hydrogen (secondary N) is 1. The Kier molecular flexibility index (Phi) is 3.33. The molecule has 0 amide bonds. The van der Waals surface area contributed by atoms with Crippen molar-refractivity contribution in [3.8, 4) is 11.5 Å². The molecule has 0 atom stereocenters. The van der Waals surface area contributed by atoms with Gasteiger partial charge in [-0.05, 0) is 38.8 Å². The Hall–Kier alpha value is -1.69. The first kappa shape index (κ1) is 12.3. The van der Waals surface area contributed by atoms with E-state index in [9.17, 15) is 0 Å². The summed E-state index contributed by atoms with van der Waals surface area (Å²) in [7, 11) is 3.90.